The van der Waals surface area contributed by atoms with Gasteiger partial charge < -0.3 is 0 Å². The van der Waals surface area contributed by atoms with Gasteiger partial charge in [0.05, 0.1) is 5.54 Å². The van der Waals surface area contributed by atoms with Gasteiger partial charge in [0.1, 0.15) is 5.66 Å². The summed E-state index contributed by atoms with van der Waals surface area (Å²) in [5, 5.41) is 11.4. The van der Waals surface area contributed by atoms with Crippen LogP contribution in [0.25, 0.3) is 31.3 Å². The van der Waals surface area contributed by atoms with Crippen LogP contribution in [0.1, 0.15) is 38.5 Å². The summed E-state index contributed by atoms with van der Waals surface area (Å²) in [5.74, 6) is 0. The fourth-order valence-electron chi connectivity index (χ4n) is 3.14. The Bertz CT molecular complexity index is 527. The van der Waals surface area contributed by atoms with Crippen LogP contribution in [0.5, 0.6) is 0 Å². The maximum Gasteiger partial charge on any atom is 0.148 e. The van der Waals surface area contributed by atoms with Crippen molar-refractivity contribution in [3.05, 3.63) is 43.0 Å². The Labute approximate surface area is 109 Å². The topological polar surface area (TPSA) is 146 Å². The summed E-state index contributed by atoms with van der Waals surface area (Å²) in [7, 11) is 0. The van der Waals surface area contributed by atoms with Crippen molar-refractivity contribution in [3.63, 3.8) is 0 Å². The molecule has 0 radical (unpaired) electrons. The van der Waals surface area contributed by atoms with E-state index in [0.29, 0.717) is 31.3 Å². The first-order valence-corrected chi connectivity index (χ1v) is 6.13. The van der Waals surface area contributed by atoms with Gasteiger partial charge in [-0.1, -0.05) is 27.8 Å². The van der Waals surface area contributed by atoms with Crippen molar-refractivity contribution in [3.8, 4) is 0 Å². The van der Waals surface area contributed by atoms with Gasteiger partial charge in [0, 0.05) is 14.7 Å². The minimum atomic E-state index is -1.25. The number of nitrogens with zero attached hydrogens (tertiary/aromatic N) is 9. The van der Waals surface area contributed by atoms with E-state index in [2.05, 4.69) is 30.1 Å². The Kier molecular flexibility index (Phi) is 3.53. The lowest BCUT2D eigenvalue weighted by atomic mass is 9.67. The van der Waals surface area contributed by atoms with Crippen molar-refractivity contribution in [1.82, 2.24) is 0 Å². The predicted molar refractivity (Wildman–Crippen MR) is 68.7 cm³/mol. The largest absolute Gasteiger partial charge is 0.148 e. The standard InChI is InChI=1S/C10H13N9/c11-17-14-9-5-2-1-4-8(9)10(15-18-12,16-19-13)7-3-6-9/h4H,1-3,5-7H2. The lowest BCUT2D eigenvalue weighted by Gasteiger charge is -2.46. The number of hydrogen-bond acceptors (Lipinski definition) is 3. The predicted octanol–water partition coefficient (Wildman–Crippen LogP) is 4.65. The van der Waals surface area contributed by atoms with Crippen LogP contribution in [0.4, 0.5) is 0 Å². The fourth-order valence-corrected chi connectivity index (χ4v) is 3.14. The van der Waals surface area contributed by atoms with Crippen molar-refractivity contribution in [2.24, 2.45) is 15.3 Å². The molecule has 0 bridgehead atoms. The Morgan fingerprint density at radius 3 is 2.16 bits per heavy atom. The number of allylic oxidation sites excluding steroid dienone is 1. The Morgan fingerprint density at radius 2 is 1.53 bits per heavy atom. The highest BCUT2D eigenvalue weighted by atomic mass is 15.3. The lowest BCUT2D eigenvalue weighted by molar-refractivity contribution is 0.261. The minimum Gasteiger partial charge on any atom is -0.0838 e. The highest BCUT2D eigenvalue weighted by Crippen LogP contribution is 2.50. The molecule has 0 aromatic heterocycles. The lowest BCUT2D eigenvalue weighted by Crippen LogP contribution is -2.46. The molecular formula is C10H13N9. The highest BCUT2D eigenvalue weighted by molar-refractivity contribution is 5.36. The third kappa shape index (κ3) is 2.06. The summed E-state index contributed by atoms with van der Waals surface area (Å²) in [4.78, 5) is 8.57. The zero-order valence-electron chi connectivity index (χ0n) is 10.3. The Hall–Kier alpha value is -2.33. The highest BCUT2D eigenvalue weighted by Gasteiger charge is 2.49. The molecular weight excluding hydrogens is 246 g/mol. The zero-order chi connectivity index (χ0) is 13.8. The normalized spacial score (nSPS) is 32.7. The van der Waals surface area contributed by atoms with Gasteiger partial charge >= 0.3 is 0 Å². The molecule has 0 amide bonds. The van der Waals surface area contributed by atoms with Crippen molar-refractivity contribution < 1.29 is 0 Å². The molecule has 0 aliphatic heterocycles. The van der Waals surface area contributed by atoms with Crippen LogP contribution in [0.2, 0.25) is 0 Å². The van der Waals surface area contributed by atoms with Crippen LogP contribution in [-0.2, 0) is 0 Å². The molecule has 98 valence electrons. The monoisotopic (exact) mass is 259 g/mol. The van der Waals surface area contributed by atoms with Crippen LogP contribution in [-0.4, -0.2) is 11.2 Å². The van der Waals surface area contributed by atoms with Crippen molar-refractivity contribution >= 4 is 0 Å². The fraction of sp³-hybridized carbons (Fsp3) is 0.800. The maximum absolute atomic E-state index is 8.81. The van der Waals surface area contributed by atoms with Gasteiger partial charge in [0.15, 0.2) is 0 Å². The van der Waals surface area contributed by atoms with E-state index < -0.39 is 11.2 Å². The SMILES string of the molecule is [N-]=[N+]=NC12CCCC=C1C(N=[N+]=[N-])(N=[N+]=[N-])CCC2. The minimum absolute atomic E-state index is 0.454. The molecule has 1 unspecified atom stereocenters. The quantitative estimate of drug-likeness (QED) is 0.300. The summed E-state index contributed by atoms with van der Waals surface area (Å²) in [6.07, 6.45) is 6.16. The van der Waals surface area contributed by atoms with Gasteiger partial charge in [-0.2, -0.15) is 0 Å². The number of azide groups is 2. The van der Waals surface area contributed by atoms with Crippen molar-refractivity contribution in [2.45, 2.75) is 49.7 Å². The van der Waals surface area contributed by atoms with Crippen LogP contribution in [0.15, 0.2) is 27.0 Å². The molecule has 9 heteroatoms. The smallest absolute Gasteiger partial charge is 0.0838 e. The molecule has 0 aromatic rings. The van der Waals surface area contributed by atoms with Gasteiger partial charge in [-0.25, -0.2) is 0 Å². The van der Waals surface area contributed by atoms with E-state index in [-0.39, 0.29) is 0 Å². The van der Waals surface area contributed by atoms with Crippen molar-refractivity contribution in [1.29, 1.82) is 0 Å². The van der Waals surface area contributed by atoms with Gasteiger partial charge in [-0.15, -0.1) is 0 Å². The van der Waals surface area contributed by atoms with E-state index in [9.17, 15) is 0 Å². The van der Waals surface area contributed by atoms with Crippen LogP contribution in [0, 0.1) is 0 Å². The second kappa shape index (κ2) is 5.12. The van der Waals surface area contributed by atoms with Crippen LogP contribution < -0.4 is 0 Å². The molecule has 2 rings (SSSR count). The third-order valence-electron chi connectivity index (χ3n) is 3.85. The number of hydrogen-bond donors (Lipinski definition) is 0. The van der Waals surface area contributed by atoms with Gasteiger partial charge in [0.25, 0.3) is 0 Å². The molecule has 0 heterocycles. The van der Waals surface area contributed by atoms with E-state index in [0.717, 1.165) is 12.8 Å². The number of rotatable bonds is 3. The van der Waals surface area contributed by atoms with Crippen molar-refractivity contribution in [2.75, 3.05) is 0 Å². The molecule has 9 nitrogen and oxygen atoms in total. The summed E-state index contributed by atoms with van der Waals surface area (Å²) in [6, 6.07) is 0. The van der Waals surface area contributed by atoms with E-state index in [4.69, 9.17) is 16.6 Å². The van der Waals surface area contributed by atoms with Crippen LogP contribution in [0.3, 0.4) is 0 Å². The summed E-state index contributed by atoms with van der Waals surface area (Å²) in [5.41, 5.74) is 25.0. The van der Waals surface area contributed by atoms with E-state index in [1.165, 1.54) is 0 Å². The van der Waals surface area contributed by atoms with E-state index in [1.54, 1.807) is 0 Å². The van der Waals surface area contributed by atoms with Gasteiger partial charge in [-0.3, -0.25) is 0 Å². The van der Waals surface area contributed by atoms with Gasteiger partial charge in [-0.05, 0) is 54.3 Å². The molecule has 0 N–H and O–H groups in total. The van der Waals surface area contributed by atoms with E-state index >= 15 is 0 Å². The second-order valence-corrected chi connectivity index (χ2v) is 4.78. The number of fused-ring (bicyclic) bond motifs is 1. The molecule has 2 aliphatic rings. The molecule has 0 aromatic carbocycles. The summed E-state index contributed by atoms with van der Waals surface area (Å²) >= 11 is 0. The zero-order valence-corrected chi connectivity index (χ0v) is 10.3. The summed E-state index contributed by atoms with van der Waals surface area (Å²) in [6.45, 7) is 0. The van der Waals surface area contributed by atoms with E-state index in [1.807, 2.05) is 6.08 Å². The molecule has 19 heavy (non-hydrogen) atoms. The molecule has 1 saturated carbocycles. The third-order valence-corrected chi connectivity index (χ3v) is 3.85. The summed E-state index contributed by atoms with van der Waals surface area (Å²) < 4.78 is 0. The second-order valence-electron chi connectivity index (χ2n) is 4.78. The molecule has 0 spiro atoms. The first-order chi connectivity index (χ1) is 9.23. The molecule has 1 atom stereocenters. The first kappa shape index (κ1) is 13.1. The van der Waals surface area contributed by atoms with Crippen LogP contribution >= 0.6 is 0 Å². The average molecular weight is 259 g/mol. The molecule has 2 aliphatic carbocycles. The first-order valence-electron chi connectivity index (χ1n) is 6.13. The molecule has 0 saturated heterocycles. The Balaban J connectivity index is 2.63. The average Bonchev–Trinajstić information content (AvgIpc) is 2.40. The van der Waals surface area contributed by atoms with Gasteiger partial charge in [0.2, 0.25) is 0 Å². The molecule has 1 fully saturated rings. The maximum atomic E-state index is 8.81. The Morgan fingerprint density at radius 1 is 0.895 bits per heavy atom.